The highest BCUT2D eigenvalue weighted by atomic mass is 28.5. The molecule has 192 valence electrons. The second-order valence-corrected chi connectivity index (χ2v) is 19.4. The van der Waals surface area contributed by atoms with E-state index in [1.165, 1.54) is 10.8 Å². The van der Waals surface area contributed by atoms with Gasteiger partial charge in [-0.05, 0) is 29.1 Å². The van der Waals surface area contributed by atoms with E-state index in [0.717, 1.165) is 0 Å². The van der Waals surface area contributed by atoms with Crippen LogP contribution in [-0.4, -0.2) is 56.4 Å². The number of hydrogen-bond acceptors (Lipinski definition) is 8. The van der Waals surface area contributed by atoms with Gasteiger partial charge in [0.25, 0.3) is 5.56 Å². The molecule has 0 bridgehead atoms. The van der Waals surface area contributed by atoms with Crippen LogP contribution >= 0.6 is 0 Å². The van der Waals surface area contributed by atoms with Crippen LogP contribution in [0.4, 0.5) is 0 Å². The SMILES string of the molecule is Cc1cn([C@@H]2O[C@@H]3CO[Si](C(C)C)(C(C)C)O[Si](C(C)C)(C(C)C)O[C@H]3/C2=N\O)c(=O)[nH]c1=O. The molecule has 0 aromatic carbocycles. The zero-order chi connectivity index (χ0) is 25.6. The fraction of sp³-hybridized carbons (Fsp3) is 0.773. The zero-order valence-electron chi connectivity index (χ0n) is 21.6. The molecule has 0 spiro atoms. The molecule has 3 heterocycles. The highest BCUT2D eigenvalue weighted by Gasteiger charge is 2.61. The van der Waals surface area contributed by atoms with Crippen LogP contribution < -0.4 is 11.2 Å². The number of ether oxygens (including phenoxy) is 1. The Hall–Kier alpha value is -1.58. The highest BCUT2D eigenvalue weighted by Crippen LogP contribution is 2.47. The van der Waals surface area contributed by atoms with E-state index in [2.05, 4.69) is 65.5 Å². The summed E-state index contributed by atoms with van der Waals surface area (Å²) in [6.07, 6.45) is -0.987. The second-order valence-electron chi connectivity index (χ2n) is 10.5. The van der Waals surface area contributed by atoms with Crippen LogP contribution in [0.25, 0.3) is 0 Å². The average Bonchev–Trinajstić information content (AvgIpc) is 3.06. The number of nitrogens with one attached hydrogen (secondary N) is 1. The molecule has 1 aromatic heterocycles. The Morgan fingerprint density at radius 2 is 1.59 bits per heavy atom. The lowest BCUT2D eigenvalue weighted by atomic mass is 10.1. The van der Waals surface area contributed by atoms with Gasteiger partial charge in [-0.3, -0.25) is 14.3 Å². The minimum absolute atomic E-state index is 0.0799. The van der Waals surface area contributed by atoms with E-state index in [0.29, 0.717) is 5.56 Å². The van der Waals surface area contributed by atoms with E-state index < -0.39 is 46.8 Å². The van der Waals surface area contributed by atoms with Crippen LogP contribution in [0.2, 0.25) is 22.2 Å². The Morgan fingerprint density at radius 1 is 1.03 bits per heavy atom. The summed E-state index contributed by atoms with van der Waals surface area (Å²) in [7, 11) is -5.73. The first-order valence-corrected chi connectivity index (χ1v) is 16.0. The lowest BCUT2D eigenvalue weighted by Crippen LogP contribution is -2.65. The summed E-state index contributed by atoms with van der Waals surface area (Å²) in [4.78, 5) is 26.8. The van der Waals surface area contributed by atoms with Gasteiger partial charge in [0.2, 0.25) is 0 Å². The summed E-state index contributed by atoms with van der Waals surface area (Å²) in [5.74, 6) is 0. The van der Waals surface area contributed by atoms with Gasteiger partial charge in [-0.1, -0.05) is 60.5 Å². The zero-order valence-corrected chi connectivity index (χ0v) is 23.6. The number of hydrogen-bond donors (Lipinski definition) is 2. The summed E-state index contributed by atoms with van der Waals surface area (Å²) in [6.45, 7) is 18.7. The minimum atomic E-state index is -2.97. The lowest BCUT2D eigenvalue weighted by Gasteiger charge is -2.51. The van der Waals surface area contributed by atoms with E-state index in [1.54, 1.807) is 6.92 Å². The van der Waals surface area contributed by atoms with Crippen molar-refractivity contribution in [3.8, 4) is 0 Å². The number of oxime groups is 1. The van der Waals surface area contributed by atoms with Crippen LogP contribution in [0.5, 0.6) is 0 Å². The maximum absolute atomic E-state index is 12.6. The minimum Gasteiger partial charge on any atom is -0.414 e. The fourth-order valence-corrected chi connectivity index (χ4v) is 16.3. The third kappa shape index (κ3) is 4.39. The van der Waals surface area contributed by atoms with E-state index in [-0.39, 0.29) is 34.5 Å². The monoisotopic (exact) mass is 513 g/mol. The molecule has 3 rings (SSSR count). The topological polar surface area (TPSA) is 124 Å². The van der Waals surface area contributed by atoms with E-state index in [1.807, 2.05) is 0 Å². The van der Waals surface area contributed by atoms with E-state index >= 15 is 0 Å². The van der Waals surface area contributed by atoms with Crippen molar-refractivity contribution in [3.05, 3.63) is 32.6 Å². The Morgan fingerprint density at radius 3 is 2.09 bits per heavy atom. The van der Waals surface area contributed by atoms with Crippen molar-refractivity contribution < 1.29 is 22.9 Å². The molecule has 34 heavy (non-hydrogen) atoms. The first-order valence-electron chi connectivity index (χ1n) is 12.0. The summed E-state index contributed by atoms with van der Waals surface area (Å²) in [6, 6.07) is 0. The van der Waals surface area contributed by atoms with E-state index in [4.69, 9.17) is 17.7 Å². The lowest BCUT2D eigenvalue weighted by molar-refractivity contribution is -0.0560. The van der Waals surface area contributed by atoms with Crippen molar-refractivity contribution in [3.63, 3.8) is 0 Å². The van der Waals surface area contributed by atoms with Crippen LogP contribution in [0.3, 0.4) is 0 Å². The molecule has 3 atom stereocenters. The van der Waals surface area contributed by atoms with Gasteiger partial charge < -0.3 is 22.9 Å². The Balaban J connectivity index is 2.16. The maximum Gasteiger partial charge on any atom is 0.335 e. The van der Waals surface area contributed by atoms with Crippen LogP contribution in [0.15, 0.2) is 20.9 Å². The standard InChI is InChI=1S/C22H39N3O7Si2/c1-12(2)33(13(3)4)29-11-17-19(31-34(32-33,14(5)6)15(7)8)18(24-28)21(30-17)25-10-16(9)20(26)23-22(25)27/h10,12-15,17,19,21,28H,11H2,1-9H3,(H,23,26,27)/b24-18+/t17-,19-,21-/m1/s1. The smallest absolute Gasteiger partial charge is 0.335 e. The molecule has 0 amide bonds. The number of fused-ring (bicyclic) bond motifs is 1. The van der Waals surface area contributed by atoms with Crippen LogP contribution in [0, 0.1) is 6.92 Å². The Labute approximate surface area is 202 Å². The molecule has 0 aliphatic carbocycles. The maximum atomic E-state index is 12.6. The van der Waals surface area contributed by atoms with Crippen molar-refractivity contribution >= 4 is 22.8 Å². The van der Waals surface area contributed by atoms with Gasteiger partial charge in [-0.25, -0.2) is 4.79 Å². The van der Waals surface area contributed by atoms with E-state index in [9.17, 15) is 14.8 Å². The first-order chi connectivity index (χ1) is 15.8. The molecule has 2 aliphatic heterocycles. The number of aromatic amines is 1. The van der Waals surface area contributed by atoms with Crippen molar-refractivity contribution in [2.45, 2.75) is 103 Å². The van der Waals surface area contributed by atoms with Gasteiger partial charge in [0.1, 0.15) is 17.9 Å². The number of nitrogens with zero attached hydrogens (tertiary/aromatic N) is 2. The van der Waals surface area contributed by atoms with Crippen molar-refractivity contribution in [1.29, 1.82) is 0 Å². The summed E-state index contributed by atoms with van der Waals surface area (Å²) in [5.41, 5.74) is -0.132. The molecule has 1 aromatic rings. The van der Waals surface area contributed by atoms with Crippen LogP contribution in [-0.2, 0) is 17.7 Å². The molecule has 0 radical (unpaired) electrons. The molecular formula is C22H39N3O7Si2. The van der Waals surface area contributed by atoms with Gasteiger partial charge in [-0.2, -0.15) is 0 Å². The molecule has 10 nitrogen and oxygen atoms in total. The van der Waals surface area contributed by atoms with Gasteiger partial charge in [-0.15, -0.1) is 0 Å². The third-order valence-corrected chi connectivity index (χ3v) is 17.3. The van der Waals surface area contributed by atoms with Gasteiger partial charge >= 0.3 is 22.8 Å². The summed E-state index contributed by atoms with van der Waals surface area (Å²) in [5, 5.41) is 13.5. The summed E-state index contributed by atoms with van der Waals surface area (Å²) < 4.78 is 28.2. The normalized spacial score (nSPS) is 28.0. The predicted octanol–water partition coefficient (Wildman–Crippen LogP) is 3.53. The molecule has 2 aliphatic rings. The number of aryl methyl sites for hydroxylation is 1. The Kier molecular flexibility index (Phi) is 7.80. The van der Waals surface area contributed by atoms with Gasteiger partial charge in [0.05, 0.1) is 6.61 Å². The highest BCUT2D eigenvalue weighted by molar-refractivity contribution is 6.84. The average molecular weight is 514 g/mol. The molecule has 0 unspecified atom stereocenters. The third-order valence-electron chi connectivity index (χ3n) is 7.02. The van der Waals surface area contributed by atoms with Crippen molar-refractivity contribution in [2.75, 3.05) is 6.61 Å². The molecule has 2 fully saturated rings. The molecule has 0 saturated carbocycles. The molecule has 12 heteroatoms. The number of H-pyrrole nitrogens is 1. The van der Waals surface area contributed by atoms with Crippen molar-refractivity contribution in [2.24, 2.45) is 5.16 Å². The van der Waals surface area contributed by atoms with Gasteiger partial charge in [0.15, 0.2) is 6.23 Å². The second kappa shape index (κ2) is 9.82. The fourth-order valence-electron chi connectivity index (χ4n) is 5.10. The summed E-state index contributed by atoms with van der Waals surface area (Å²) >= 11 is 0. The quantitative estimate of drug-likeness (QED) is 0.351. The molecule has 2 N–H and O–H groups in total. The number of aromatic nitrogens is 2. The van der Waals surface area contributed by atoms with Crippen LogP contribution in [0.1, 0.15) is 67.2 Å². The number of rotatable bonds is 5. The predicted molar refractivity (Wildman–Crippen MR) is 133 cm³/mol. The van der Waals surface area contributed by atoms with Gasteiger partial charge in [0, 0.05) is 11.8 Å². The molecular weight excluding hydrogens is 474 g/mol. The Bertz CT molecular complexity index is 1020. The first kappa shape index (κ1) is 27.0. The largest absolute Gasteiger partial charge is 0.414 e. The van der Waals surface area contributed by atoms with Crippen molar-refractivity contribution in [1.82, 2.24) is 9.55 Å². The molecule has 2 saturated heterocycles.